The summed E-state index contributed by atoms with van der Waals surface area (Å²) in [6.45, 7) is 1.78. The summed E-state index contributed by atoms with van der Waals surface area (Å²) in [7, 11) is 0. The molecule has 1 atom stereocenters. The van der Waals surface area contributed by atoms with E-state index >= 15 is 0 Å². The molecule has 0 spiro atoms. The second-order valence-corrected chi connectivity index (χ2v) is 6.87. The molecule has 1 aromatic carbocycles. The molecule has 0 saturated carbocycles. The summed E-state index contributed by atoms with van der Waals surface area (Å²) < 4.78 is 21.4. The third kappa shape index (κ3) is 3.10. The van der Waals surface area contributed by atoms with Crippen molar-refractivity contribution in [2.45, 2.75) is 13.0 Å². The highest BCUT2D eigenvalue weighted by atomic mass is 19.1. The van der Waals surface area contributed by atoms with Crippen LogP contribution in [0.4, 0.5) is 10.2 Å². The summed E-state index contributed by atoms with van der Waals surface area (Å²) in [6.07, 6.45) is 1.32. The van der Waals surface area contributed by atoms with Gasteiger partial charge in [-0.2, -0.15) is 10.4 Å². The van der Waals surface area contributed by atoms with Crippen molar-refractivity contribution in [1.82, 2.24) is 34.9 Å². The number of hydrogen-bond donors (Lipinski definition) is 1. The lowest BCUT2D eigenvalue weighted by atomic mass is 10.2. The average molecular weight is 427 g/mol. The first-order valence-electron chi connectivity index (χ1n) is 9.51. The van der Waals surface area contributed by atoms with Crippen LogP contribution in [0.15, 0.2) is 53.2 Å². The molecule has 11 heteroatoms. The van der Waals surface area contributed by atoms with Gasteiger partial charge in [0, 0.05) is 0 Å². The van der Waals surface area contributed by atoms with Gasteiger partial charge in [-0.25, -0.2) is 24.0 Å². The second-order valence-electron chi connectivity index (χ2n) is 6.87. The number of nitrogens with two attached hydrogens (primary N) is 1. The summed E-state index contributed by atoms with van der Waals surface area (Å²) >= 11 is 0. The van der Waals surface area contributed by atoms with Gasteiger partial charge in [-0.15, -0.1) is 10.2 Å². The van der Waals surface area contributed by atoms with E-state index in [4.69, 9.17) is 10.2 Å². The Morgan fingerprint density at radius 3 is 2.78 bits per heavy atom. The molecule has 0 aliphatic heterocycles. The van der Waals surface area contributed by atoms with Gasteiger partial charge in [0.15, 0.2) is 5.65 Å². The summed E-state index contributed by atoms with van der Waals surface area (Å²) in [5, 5.41) is 22.4. The van der Waals surface area contributed by atoms with E-state index in [9.17, 15) is 9.65 Å². The Kier molecular flexibility index (Phi) is 4.52. The van der Waals surface area contributed by atoms with E-state index < -0.39 is 11.9 Å². The number of pyridine rings is 1. The SMILES string of the molecule is CC(c1nnc(-c2ccccc2F)o1)n1nc(-c2cccc(C#N)n2)c2c(N)ncnc21. The first-order valence-corrected chi connectivity index (χ1v) is 9.51. The molecule has 0 aliphatic rings. The zero-order valence-electron chi connectivity index (χ0n) is 16.6. The minimum absolute atomic E-state index is 0.0548. The smallest absolute Gasteiger partial charge is 0.250 e. The van der Waals surface area contributed by atoms with Crippen LogP contribution >= 0.6 is 0 Å². The van der Waals surface area contributed by atoms with Crippen molar-refractivity contribution in [2.24, 2.45) is 0 Å². The van der Waals surface area contributed by atoms with E-state index in [0.29, 0.717) is 22.4 Å². The van der Waals surface area contributed by atoms with Gasteiger partial charge in [-0.05, 0) is 31.2 Å². The van der Waals surface area contributed by atoms with Gasteiger partial charge in [0.25, 0.3) is 5.89 Å². The lowest BCUT2D eigenvalue weighted by Gasteiger charge is -2.08. The van der Waals surface area contributed by atoms with Gasteiger partial charge in [-0.3, -0.25) is 0 Å². The molecule has 32 heavy (non-hydrogen) atoms. The third-order valence-electron chi connectivity index (χ3n) is 4.89. The van der Waals surface area contributed by atoms with Crippen molar-refractivity contribution in [3.05, 3.63) is 66.2 Å². The van der Waals surface area contributed by atoms with Crippen LogP contribution in [0.5, 0.6) is 0 Å². The van der Waals surface area contributed by atoms with Crippen LogP contribution in [0.25, 0.3) is 33.9 Å². The number of fused-ring (bicyclic) bond motifs is 1. The van der Waals surface area contributed by atoms with Gasteiger partial charge >= 0.3 is 0 Å². The van der Waals surface area contributed by atoms with Crippen molar-refractivity contribution < 1.29 is 8.81 Å². The molecule has 10 nitrogen and oxygen atoms in total. The number of nitrogen functional groups attached to an aromatic ring is 1. The van der Waals surface area contributed by atoms with Crippen molar-refractivity contribution in [2.75, 3.05) is 5.73 Å². The number of benzene rings is 1. The zero-order valence-corrected chi connectivity index (χ0v) is 16.6. The van der Waals surface area contributed by atoms with E-state index in [1.54, 1.807) is 48.0 Å². The Bertz CT molecular complexity index is 1500. The first kappa shape index (κ1) is 19.3. The predicted molar refractivity (Wildman–Crippen MR) is 111 cm³/mol. The summed E-state index contributed by atoms with van der Waals surface area (Å²) in [6, 6.07) is 12.6. The van der Waals surface area contributed by atoms with Gasteiger partial charge in [0.05, 0.1) is 16.6 Å². The van der Waals surface area contributed by atoms with Crippen LogP contribution in [0.3, 0.4) is 0 Å². The van der Waals surface area contributed by atoms with Crippen LogP contribution in [0, 0.1) is 17.1 Å². The Hall–Kier alpha value is -4.72. The van der Waals surface area contributed by atoms with Crippen LogP contribution in [-0.4, -0.2) is 34.9 Å². The average Bonchev–Trinajstić information content (AvgIpc) is 3.45. The number of aromatic nitrogens is 7. The molecule has 0 radical (unpaired) electrons. The van der Waals surface area contributed by atoms with Gasteiger partial charge in [0.2, 0.25) is 5.89 Å². The quantitative estimate of drug-likeness (QED) is 0.457. The van der Waals surface area contributed by atoms with Crippen molar-refractivity contribution >= 4 is 16.9 Å². The van der Waals surface area contributed by atoms with Crippen molar-refractivity contribution in [3.63, 3.8) is 0 Å². The number of nitriles is 1. The number of halogens is 1. The van der Waals surface area contributed by atoms with E-state index in [-0.39, 0.29) is 28.9 Å². The number of rotatable bonds is 4. The molecule has 5 rings (SSSR count). The van der Waals surface area contributed by atoms with E-state index in [0.717, 1.165) is 0 Å². The van der Waals surface area contributed by atoms with Crippen molar-refractivity contribution in [1.29, 1.82) is 5.26 Å². The molecule has 2 N–H and O–H groups in total. The monoisotopic (exact) mass is 427 g/mol. The first-order chi connectivity index (χ1) is 15.6. The molecule has 0 saturated heterocycles. The fraction of sp³-hybridized carbons (Fsp3) is 0.0952. The number of anilines is 1. The maximum Gasteiger partial charge on any atom is 0.250 e. The van der Waals surface area contributed by atoms with Crippen LogP contribution < -0.4 is 5.73 Å². The highest BCUT2D eigenvalue weighted by Gasteiger charge is 2.25. The Labute approximate surface area is 180 Å². The predicted octanol–water partition coefficient (Wildman–Crippen LogP) is 3.14. The van der Waals surface area contributed by atoms with Crippen LogP contribution in [0.2, 0.25) is 0 Å². The maximum atomic E-state index is 14.1. The van der Waals surface area contributed by atoms with Crippen LogP contribution in [0.1, 0.15) is 24.6 Å². The number of nitrogens with zero attached hydrogens (tertiary/aromatic N) is 8. The third-order valence-corrected chi connectivity index (χ3v) is 4.89. The minimum atomic E-state index is -0.562. The fourth-order valence-electron chi connectivity index (χ4n) is 3.33. The Morgan fingerprint density at radius 2 is 1.97 bits per heavy atom. The van der Waals surface area contributed by atoms with Crippen molar-refractivity contribution in [3.8, 4) is 28.9 Å². The molecule has 0 fully saturated rings. The van der Waals surface area contributed by atoms with Gasteiger partial charge in [-0.1, -0.05) is 18.2 Å². The highest BCUT2D eigenvalue weighted by molar-refractivity contribution is 5.97. The largest absolute Gasteiger partial charge is 0.418 e. The lowest BCUT2D eigenvalue weighted by Crippen LogP contribution is -2.10. The molecule has 0 bridgehead atoms. The maximum absolute atomic E-state index is 14.1. The Balaban J connectivity index is 1.63. The van der Waals surface area contributed by atoms with E-state index in [1.165, 1.54) is 12.4 Å². The topological polar surface area (TPSA) is 145 Å². The molecule has 0 amide bonds. The minimum Gasteiger partial charge on any atom is -0.418 e. The standard InChI is InChI=1S/C21H14FN9O/c1-11(20-28-29-21(32-20)13-6-2-3-7-14(13)22)31-19-16(18(24)25-10-26-19)17(30-31)15-8-4-5-12(9-23)27-15/h2-8,10-11H,1H3,(H2,24,25,26). The normalized spacial score (nSPS) is 12.0. The van der Waals surface area contributed by atoms with E-state index in [1.807, 2.05) is 6.07 Å². The molecule has 1 unspecified atom stereocenters. The lowest BCUT2D eigenvalue weighted by molar-refractivity contribution is 0.421. The van der Waals surface area contributed by atoms with Gasteiger partial charge in [0.1, 0.15) is 41.5 Å². The molecule has 0 aliphatic carbocycles. The summed E-state index contributed by atoms with van der Waals surface area (Å²) in [5.41, 5.74) is 7.84. The molecule has 5 aromatic rings. The summed E-state index contributed by atoms with van der Waals surface area (Å²) in [5.74, 6) is 0.00520. The molecular weight excluding hydrogens is 413 g/mol. The zero-order chi connectivity index (χ0) is 22.2. The molecule has 4 aromatic heterocycles. The van der Waals surface area contributed by atoms with E-state index in [2.05, 4.69) is 30.2 Å². The summed E-state index contributed by atoms with van der Waals surface area (Å²) in [4.78, 5) is 12.7. The molecular formula is C21H14FN9O. The molecule has 156 valence electrons. The van der Waals surface area contributed by atoms with Crippen LogP contribution in [-0.2, 0) is 0 Å². The second kappa shape index (κ2) is 7.51. The fourth-order valence-corrected chi connectivity index (χ4v) is 3.33. The highest BCUT2D eigenvalue weighted by Crippen LogP contribution is 2.32. The number of hydrogen-bond acceptors (Lipinski definition) is 9. The Morgan fingerprint density at radius 1 is 1.12 bits per heavy atom. The van der Waals surface area contributed by atoms with Gasteiger partial charge < -0.3 is 10.2 Å². The molecule has 4 heterocycles.